The fraction of sp³-hybridized carbons (Fsp3) is 0.846. The summed E-state index contributed by atoms with van der Waals surface area (Å²) in [5.74, 6) is -0.155. The predicted molar refractivity (Wildman–Crippen MR) is 66.1 cm³/mol. The van der Waals surface area contributed by atoms with E-state index in [1.165, 1.54) is 44.9 Å². The summed E-state index contributed by atoms with van der Waals surface area (Å²) in [6.07, 6.45) is 12.1. The first kappa shape index (κ1) is 15.1. The lowest BCUT2D eigenvalue weighted by atomic mass is 10.1. The van der Waals surface area contributed by atoms with Crippen molar-refractivity contribution in [2.75, 3.05) is 0 Å². The first-order chi connectivity index (χ1) is 7.81. The minimum atomic E-state index is -0.155. The van der Waals surface area contributed by atoms with Gasteiger partial charge in [0.1, 0.15) is 0 Å². The SMILES string of the molecule is CCCCCCCCCCCC(=O)NC=O. The van der Waals surface area contributed by atoms with Gasteiger partial charge in [0.2, 0.25) is 12.3 Å². The summed E-state index contributed by atoms with van der Waals surface area (Å²) >= 11 is 0. The van der Waals surface area contributed by atoms with E-state index in [-0.39, 0.29) is 5.91 Å². The Hall–Kier alpha value is -0.860. The van der Waals surface area contributed by atoms with Gasteiger partial charge in [0.25, 0.3) is 0 Å². The molecule has 0 fully saturated rings. The molecule has 0 unspecified atom stereocenters. The fourth-order valence-electron chi connectivity index (χ4n) is 1.73. The van der Waals surface area contributed by atoms with Gasteiger partial charge in [-0.15, -0.1) is 0 Å². The van der Waals surface area contributed by atoms with Gasteiger partial charge in [0.15, 0.2) is 0 Å². The molecule has 2 amide bonds. The van der Waals surface area contributed by atoms with Crippen LogP contribution in [-0.2, 0) is 9.59 Å². The maximum atomic E-state index is 10.9. The topological polar surface area (TPSA) is 46.2 Å². The Bertz CT molecular complexity index is 181. The van der Waals surface area contributed by atoms with Crippen LogP contribution in [-0.4, -0.2) is 12.3 Å². The number of amides is 2. The third-order valence-electron chi connectivity index (χ3n) is 2.73. The van der Waals surface area contributed by atoms with E-state index in [2.05, 4.69) is 12.2 Å². The van der Waals surface area contributed by atoms with Gasteiger partial charge in [-0.3, -0.25) is 14.9 Å². The number of hydrogen-bond acceptors (Lipinski definition) is 2. The highest BCUT2D eigenvalue weighted by Crippen LogP contribution is 2.10. The zero-order valence-corrected chi connectivity index (χ0v) is 10.5. The van der Waals surface area contributed by atoms with Gasteiger partial charge in [0.05, 0.1) is 0 Å². The van der Waals surface area contributed by atoms with E-state index in [9.17, 15) is 9.59 Å². The molecule has 0 aliphatic heterocycles. The van der Waals surface area contributed by atoms with E-state index in [1.807, 2.05) is 0 Å². The molecule has 0 aliphatic rings. The molecule has 0 rings (SSSR count). The molecule has 0 saturated carbocycles. The van der Waals surface area contributed by atoms with Crippen LogP contribution in [0.2, 0.25) is 0 Å². The smallest absolute Gasteiger partial charge is 0.226 e. The molecular weight excluding hydrogens is 202 g/mol. The van der Waals surface area contributed by atoms with Crippen molar-refractivity contribution in [3.8, 4) is 0 Å². The van der Waals surface area contributed by atoms with Gasteiger partial charge in [0, 0.05) is 6.42 Å². The van der Waals surface area contributed by atoms with Crippen molar-refractivity contribution in [1.82, 2.24) is 5.32 Å². The van der Waals surface area contributed by atoms with Crippen LogP contribution in [0.1, 0.15) is 71.1 Å². The Morgan fingerprint density at radius 3 is 1.94 bits per heavy atom. The van der Waals surface area contributed by atoms with Crippen molar-refractivity contribution < 1.29 is 9.59 Å². The summed E-state index contributed by atoms with van der Waals surface area (Å²) in [5.41, 5.74) is 0. The number of unbranched alkanes of at least 4 members (excludes halogenated alkanes) is 8. The number of carbonyl (C=O) groups excluding carboxylic acids is 2. The Morgan fingerprint density at radius 1 is 0.938 bits per heavy atom. The summed E-state index contributed by atoms with van der Waals surface area (Å²) < 4.78 is 0. The number of carbonyl (C=O) groups is 2. The lowest BCUT2D eigenvalue weighted by Crippen LogP contribution is -2.20. The van der Waals surface area contributed by atoms with E-state index >= 15 is 0 Å². The van der Waals surface area contributed by atoms with Crippen molar-refractivity contribution in [3.05, 3.63) is 0 Å². The fourth-order valence-corrected chi connectivity index (χ4v) is 1.73. The van der Waals surface area contributed by atoms with Gasteiger partial charge < -0.3 is 0 Å². The van der Waals surface area contributed by atoms with Crippen LogP contribution < -0.4 is 5.32 Å². The number of hydrogen-bond donors (Lipinski definition) is 1. The molecule has 3 nitrogen and oxygen atoms in total. The molecule has 0 aromatic rings. The second-order valence-corrected chi connectivity index (χ2v) is 4.26. The highest BCUT2D eigenvalue weighted by atomic mass is 16.2. The zero-order valence-electron chi connectivity index (χ0n) is 10.5. The van der Waals surface area contributed by atoms with E-state index in [1.54, 1.807) is 0 Å². The molecule has 0 bridgehead atoms. The van der Waals surface area contributed by atoms with Crippen molar-refractivity contribution in [2.24, 2.45) is 0 Å². The van der Waals surface area contributed by atoms with Crippen molar-refractivity contribution in [3.63, 3.8) is 0 Å². The van der Waals surface area contributed by atoms with Crippen LogP contribution in [0.3, 0.4) is 0 Å². The largest absolute Gasteiger partial charge is 0.299 e. The van der Waals surface area contributed by atoms with E-state index in [0.717, 1.165) is 12.8 Å². The minimum absolute atomic E-state index is 0.155. The molecule has 0 radical (unpaired) electrons. The monoisotopic (exact) mass is 227 g/mol. The Morgan fingerprint density at radius 2 is 1.44 bits per heavy atom. The summed E-state index contributed by atoms with van der Waals surface area (Å²) in [6, 6.07) is 0. The average Bonchev–Trinajstić information content (AvgIpc) is 2.27. The molecule has 0 atom stereocenters. The quantitative estimate of drug-likeness (QED) is 0.435. The Labute approximate surface area is 99.0 Å². The third-order valence-corrected chi connectivity index (χ3v) is 2.73. The maximum Gasteiger partial charge on any atom is 0.226 e. The third kappa shape index (κ3) is 11.2. The molecule has 0 spiro atoms. The van der Waals surface area contributed by atoms with Crippen molar-refractivity contribution >= 4 is 12.3 Å². The van der Waals surface area contributed by atoms with E-state index in [0.29, 0.717) is 12.8 Å². The number of nitrogens with one attached hydrogen (secondary N) is 1. The molecule has 0 aromatic heterocycles. The Kier molecular flexibility index (Phi) is 11.6. The molecule has 1 N–H and O–H groups in total. The van der Waals surface area contributed by atoms with E-state index < -0.39 is 0 Å². The highest BCUT2D eigenvalue weighted by Gasteiger charge is 1.98. The molecular formula is C13H25NO2. The minimum Gasteiger partial charge on any atom is -0.299 e. The standard InChI is InChI=1S/C13H25NO2/c1-2-3-4-5-6-7-8-9-10-11-13(16)14-12-15/h12H,2-11H2,1H3,(H,14,15,16). The van der Waals surface area contributed by atoms with Crippen LogP contribution in [0.4, 0.5) is 0 Å². The zero-order chi connectivity index (χ0) is 12.1. The summed E-state index contributed by atoms with van der Waals surface area (Å²) in [7, 11) is 0. The molecule has 16 heavy (non-hydrogen) atoms. The lowest BCUT2D eigenvalue weighted by molar-refractivity contribution is -0.125. The summed E-state index contributed by atoms with van der Waals surface area (Å²) in [6.45, 7) is 2.23. The normalized spacial score (nSPS) is 10.1. The second-order valence-electron chi connectivity index (χ2n) is 4.26. The van der Waals surface area contributed by atoms with Gasteiger partial charge in [-0.2, -0.15) is 0 Å². The maximum absolute atomic E-state index is 10.9. The van der Waals surface area contributed by atoms with Crippen molar-refractivity contribution in [2.45, 2.75) is 71.1 Å². The van der Waals surface area contributed by atoms with Gasteiger partial charge >= 0.3 is 0 Å². The van der Waals surface area contributed by atoms with Crippen LogP contribution in [0.5, 0.6) is 0 Å². The van der Waals surface area contributed by atoms with Crippen molar-refractivity contribution in [1.29, 1.82) is 0 Å². The van der Waals surface area contributed by atoms with Crippen LogP contribution in [0.25, 0.3) is 0 Å². The average molecular weight is 227 g/mol. The van der Waals surface area contributed by atoms with Gasteiger partial charge in [-0.25, -0.2) is 0 Å². The highest BCUT2D eigenvalue weighted by molar-refractivity contribution is 5.85. The second kappa shape index (κ2) is 12.2. The first-order valence-corrected chi connectivity index (χ1v) is 6.54. The van der Waals surface area contributed by atoms with E-state index in [4.69, 9.17) is 0 Å². The molecule has 94 valence electrons. The van der Waals surface area contributed by atoms with Crippen LogP contribution >= 0.6 is 0 Å². The Balaban J connectivity index is 3.03. The molecule has 0 aromatic carbocycles. The molecule has 0 heterocycles. The summed E-state index contributed by atoms with van der Waals surface area (Å²) in [4.78, 5) is 20.9. The number of rotatable bonds is 11. The lowest BCUT2D eigenvalue weighted by Gasteiger charge is -2.01. The first-order valence-electron chi connectivity index (χ1n) is 6.54. The van der Waals surface area contributed by atoms with Gasteiger partial charge in [-0.1, -0.05) is 58.3 Å². The predicted octanol–water partition coefficient (Wildman–Crippen LogP) is 3.18. The van der Waals surface area contributed by atoms with Crippen LogP contribution in [0, 0.1) is 0 Å². The van der Waals surface area contributed by atoms with Crippen LogP contribution in [0.15, 0.2) is 0 Å². The summed E-state index contributed by atoms with van der Waals surface area (Å²) in [5, 5.41) is 2.15. The molecule has 0 aliphatic carbocycles. The molecule has 3 heteroatoms. The number of imide groups is 1. The molecule has 0 saturated heterocycles. The van der Waals surface area contributed by atoms with Gasteiger partial charge in [-0.05, 0) is 6.42 Å².